The molecule has 3 aromatic rings. The number of hydrogen-bond donors (Lipinski definition) is 4. The number of aliphatic carboxylic acids is 1. The van der Waals surface area contributed by atoms with Gasteiger partial charge in [-0.1, -0.05) is 12.1 Å². The highest BCUT2D eigenvalue weighted by atomic mass is 35.5. The fourth-order valence-electron chi connectivity index (χ4n) is 3.67. The summed E-state index contributed by atoms with van der Waals surface area (Å²) in [6.45, 7) is -0.929. The average molecular weight is 591 g/mol. The molecular weight excluding hydrogens is 566 g/mol. The van der Waals surface area contributed by atoms with Crippen LogP contribution in [0.3, 0.4) is 0 Å². The first kappa shape index (κ1) is 32.2. The Kier molecular flexibility index (Phi) is 11.3. The number of guanidine groups is 1. The summed E-state index contributed by atoms with van der Waals surface area (Å²) >= 11 is 0. The Balaban J connectivity index is 0.00000588. The van der Waals surface area contributed by atoms with E-state index in [9.17, 15) is 33.1 Å². The predicted octanol–water partition coefficient (Wildman–Crippen LogP) is 3.25. The largest absolute Gasteiger partial charge is 0.480 e. The zero-order valence-corrected chi connectivity index (χ0v) is 22.1. The van der Waals surface area contributed by atoms with E-state index in [0.717, 1.165) is 17.0 Å². The van der Waals surface area contributed by atoms with E-state index in [-0.39, 0.29) is 36.0 Å². The molecule has 0 spiro atoms. The van der Waals surface area contributed by atoms with Gasteiger partial charge in [0.15, 0.2) is 5.96 Å². The van der Waals surface area contributed by atoms with Crippen molar-refractivity contribution in [3.63, 3.8) is 0 Å². The lowest BCUT2D eigenvalue weighted by atomic mass is 10.1. The van der Waals surface area contributed by atoms with Crippen molar-refractivity contribution >= 4 is 47.9 Å². The van der Waals surface area contributed by atoms with Gasteiger partial charge in [0.25, 0.3) is 0 Å². The summed E-state index contributed by atoms with van der Waals surface area (Å²) in [7, 11) is 0. The van der Waals surface area contributed by atoms with E-state index in [1.165, 1.54) is 48.5 Å². The number of halogens is 3. The Labute approximate surface area is 238 Å². The van der Waals surface area contributed by atoms with Gasteiger partial charge in [-0.15, -0.1) is 12.4 Å². The van der Waals surface area contributed by atoms with Crippen LogP contribution in [-0.4, -0.2) is 51.4 Å². The van der Waals surface area contributed by atoms with Crippen LogP contribution in [0, 0.1) is 11.6 Å². The van der Waals surface area contributed by atoms with Crippen LogP contribution in [0.15, 0.2) is 65.7 Å². The minimum Gasteiger partial charge on any atom is -0.480 e. The monoisotopic (exact) mass is 590 g/mol. The summed E-state index contributed by atoms with van der Waals surface area (Å²) in [5.74, 6) is -6.86. The van der Waals surface area contributed by atoms with Gasteiger partial charge in [-0.2, -0.15) is 0 Å². The third-order valence-electron chi connectivity index (χ3n) is 5.50. The Morgan fingerprint density at radius 1 is 0.902 bits per heavy atom. The molecule has 3 aromatic carbocycles. The summed E-state index contributed by atoms with van der Waals surface area (Å²) in [6, 6.07) is 12.8. The van der Waals surface area contributed by atoms with Gasteiger partial charge in [-0.25, -0.2) is 23.4 Å². The number of benzene rings is 3. The second kappa shape index (κ2) is 14.4. The van der Waals surface area contributed by atoms with Crippen LogP contribution < -0.4 is 16.2 Å². The molecule has 0 aliphatic carbocycles. The summed E-state index contributed by atoms with van der Waals surface area (Å²) in [5.41, 5.74) is 10.9. The number of aliphatic imine (C=N–C) groups is 1. The number of nitrogens with two attached hydrogens (primary N) is 2. The fourth-order valence-corrected chi connectivity index (χ4v) is 3.67. The van der Waals surface area contributed by atoms with Gasteiger partial charge in [-0.05, 0) is 48.4 Å². The lowest BCUT2D eigenvalue weighted by molar-refractivity contribution is -0.144. The van der Waals surface area contributed by atoms with E-state index < -0.39 is 66.1 Å². The van der Waals surface area contributed by atoms with Crippen LogP contribution in [0.25, 0.3) is 0 Å². The number of carbonyl (C=O) groups is 4. The number of aromatic carboxylic acids is 1. The van der Waals surface area contributed by atoms with Gasteiger partial charge in [0, 0.05) is 30.7 Å². The lowest BCUT2D eigenvalue weighted by Gasteiger charge is -2.21. The van der Waals surface area contributed by atoms with Crippen LogP contribution in [0.5, 0.6) is 5.75 Å². The maximum Gasteiger partial charge on any atom is 0.343 e. The molecule has 14 heteroatoms. The summed E-state index contributed by atoms with van der Waals surface area (Å²) in [6.07, 6.45) is -0.858. The molecule has 1 amide bonds. The van der Waals surface area contributed by atoms with Gasteiger partial charge in [0.2, 0.25) is 5.91 Å². The highest BCUT2D eigenvalue weighted by Crippen LogP contribution is 2.24. The van der Waals surface area contributed by atoms with Crippen LogP contribution in [0.1, 0.15) is 38.3 Å². The number of amides is 1. The third-order valence-corrected chi connectivity index (χ3v) is 5.50. The molecule has 41 heavy (non-hydrogen) atoms. The number of rotatable bonds is 11. The number of carboxylic acids is 2. The molecular formula is C27H25ClF2N4O7. The maximum atomic E-state index is 14.7. The summed E-state index contributed by atoms with van der Waals surface area (Å²) in [5, 5.41) is 18.3. The highest BCUT2D eigenvalue weighted by Gasteiger charge is 2.21. The van der Waals surface area contributed by atoms with Gasteiger partial charge in [0.05, 0.1) is 16.8 Å². The molecule has 0 aliphatic heterocycles. The SMILES string of the molecule is Cl.NC(N)=Nc1ccc(C(=O)Oc2cc(F)c(CCC(=O)N(CC(=O)O)Cc3cccc(C(=O)O)c3)c(F)c2)cc1. The van der Waals surface area contributed by atoms with Crippen LogP contribution in [0.2, 0.25) is 0 Å². The Morgan fingerprint density at radius 3 is 2.10 bits per heavy atom. The van der Waals surface area contributed by atoms with Gasteiger partial charge < -0.3 is 31.3 Å². The van der Waals surface area contributed by atoms with Crippen LogP contribution >= 0.6 is 12.4 Å². The molecule has 0 saturated carbocycles. The molecule has 0 radical (unpaired) electrons. The van der Waals surface area contributed by atoms with E-state index in [1.54, 1.807) is 0 Å². The molecule has 0 bridgehead atoms. The van der Waals surface area contributed by atoms with Gasteiger partial charge in [-0.3, -0.25) is 9.59 Å². The molecule has 0 heterocycles. The summed E-state index contributed by atoms with van der Waals surface area (Å²) < 4.78 is 34.5. The first-order valence-electron chi connectivity index (χ1n) is 11.6. The molecule has 0 aliphatic rings. The van der Waals surface area contributed by atoms with Crippen LogP contribution in [0.4, 0.5) is 14.5 Å². The van der Waals surface area contributed by atoms with Crippen molar-refractivity contribution in [3.8, 4) is 5.75 Å². The van der Waals surface area contributed by atoms with E-state index in [2.05, 4.69) is 4.99 Å². The fraction of sp³-hybridized carbons (Fsp3) is 0.148. The van der Waals surface area contributed by atoms with Crippen molar-refractivity contribution in [1.29, 1.82) is 0 Å². The molecule has 11 nitrogen and oxygen atoms in total. The van der Waals surface area contributed by atoms with E-state index in [4.69, 9.17) is 21.3 Å². The number of esters is 1. The number of nitrogens with zero attached hydrogens (tertiary/aromatic N) is 2. The zero-order valence-electron chi connectivity index (χ0n) is 21.3. The average Bonchev–Trinajstić information content (AvgIpc) is 2.87. The van der Waals surface area contributed by atoms with Crippen LogP contribution in [-0.2, 0) is 22.6 Å². The molecule has 3 rings (SSSR count). The van der Waals surface area contributed by atoms with Crippen molar-refractivity contribution in [1.82, 2.24) is 4.90 Å². The number of carboxylic acid groups (broad SMARTS) is 2. The van der Waals surface area contributed by atoms with Crippen molar-refractivity contribution in [2.75, 3.05) is 6.54 Å². The molecule has 0 atom stereocenters. The van der Waals surface area contributed by atoms with E-state index in [1.807, 2.05) is 0 Å². The Hall–Kier alpha value is -5.04. The smallest absolute Gasteiger partial charge is 0.343 e. The van der Waals surface area contributed by atoms with Gasteiger partial charge >= 0.3 is 17.9 Å². The lowest BCUT2D eigenvalue weighted by Crippen LogP contribution is -2.35. The minimum absolute atomic E-state index is 0. The van der Waals surface area contributed by atoms with E-state index in [0.29, 0.717) is 11.3 Å². The maximum absolute atomic E-state index is 14.7. The molecule has 0 unspecified atom stereocenters. The zero-order chi connectivity index (χ0) is 29.4. The quantitative estimate of drug-likeness (QED) is 0.112. The topological polar surface area (TPSA) is 186 Å². The molecule has 6 N–H and O–H groups in total. The Bertz CT molecular complexity index is 1460. The van der Waals surface area contributed by atoms with Crippen molar-refractivity contribution < 1.29 is 42.9 Å². The van der Waals surface area contributed by atoms with Crippen molar-refractivity contribution in [3.05, 3.63) is 94.6 Å². The molecule has 216 valence electrons. The second-order valence-corrected chi connectivity index (χ2v) is 8.49. The Morgan fingerprint density at radius 2 is 1.54 bits per heavy atom. The van der Waals surface area contributed by atoms with E-state index >= 15 is 0 Å². The molecule has 0 aromatic heterocycles. The number of hydrogen-bond acceptors (Lipinski definition) is 6. The van der Waals surface area contributed by atoms with Crippen molar-refractivity contribution in [2.24, 2.45) is 16.5 Å². The highest BCUT2D eigenvalue weighted by molar-refractivity contribution is 5.91. The first-order valence-corrected chi connectivity index (χ1v) is 11.6. The normalized spacial score (nSPS) is 10.2. The summed E-state index contributed by atoms with van der Waals surface area (Å²) in [4.78, 5) is 52.3. The molecule has 0 fully saturated rings. The number of carbonyl (C=O) groups excluding carboxylic acids is 2. The predicted molar refractivity (Wildman–Crippen MR) is 145 cm³/mol. The first-order chi connectivity index (χ1) is 18.9. The minimum atomic E-state index is -1.32. The standard InChI is InChI=1S/C27H24F2N4O7.ClH/c28-21-11-19(40-26(39)16-4-6-18(7-5-16)32-27(30)31)12-22(29)20(21)8-9-23(34)33(14-24(35)36)13-15-2-1-3-17(10-15)25(37)38;/h1-7,10-12H,8-9,13-14H2,(H,35,36)(H,37,38)(H4,30,31,32);1H. The third kappa shape index (κ3) is 9.28. The van der Waals surface area contributed by atoms with Gasteiger partial charge in [0.1, 0.15) is 23.9 Å². The number of ether oxygens (including phenoxy) is 1. The molecule has 0 saturated heterocycles. The van der Waals surface area contributed by atoms with Crippen molar-refractivity contribution in [2.45, 2.75) is 19.4 Å². The second-order valence-electron chi connectivity index (χ2n) is 8.49.